The summed E-state index contributed by atoms with van der Waals surface area (Å²) in [5.74, 6) is 2.36. The van der Waals surface area contributed by atoms with E-state index in [1.807, 2.05) is 28.7 Å². The Morgan fingerprint density at radius 3 is 1.78 bits per heavy atom. The van der Waals surface area contributed by atoms with Crippen LogP contribution in [0.1, 0.15) is 63.9 Å². The summed E-state index contributed by atoms with van der Waals surface area (Å²) in [4.78, 5) is 16.1. The average molecular weight is 1000 g/mol. The summed E-state index contributed by atoms with van der Waals surface area (Å²) in [6.45, 7) is 0. The Kier molecular flexibility index (Phi) is 9.85. The van der Waals surface area contributed by atoms with Crippen LogP contribution >= 0.6 is 22.7 Å². The maximum Gasteiger partial charge on any atom is 0.164 e. The van der Waals surface area contributed by atoms with Gasteiger partial charge in [-0.25, -0.2) is 15.0 Å². The van der Waals surface area contributed by atoms with E-state index in [0.717, 1.165) is 52.1 Å². The summed E-state index contributed by atoms with van der Waals surface area (Å²) in [5, 5.41) is 5.04. The molecule has 2 unspecified atom stereocenters. The van der Waals surface area contributed by atoms with Gasteiger partial charge in [0, 0.05) is 63.3 Å². The highest BCUT2D eigenvalue weighted by Gasteiger charge is 2.34. The first-order valence-electron chi connectivity index (χ1n) is 26.1. The Morgan fingerprint density at radius 2 is 1.03 bits per heavy atom. The molecule has 3 nitrogen and oxygen atoms in total. The van der Waals surface area contributed by atoms with E-state index in [9.17, 15) is 0 Å². The van der Waals surface area contributed by atoms with Crippen molar-refractivity contribution in [1.82, 2.24) is 15.0 Å². The van der Waals surface area contributed by atoms with Gasteiger partial charge in [0.2, 0.25) is 0 Å². The maximum atomic E-state index is 5.48. The smallest absolute Gasteiger partial charge is 0.164 e. The minimum atomic E-state index is 0.139. The molecule has 4 aliphatic rings. The SMILES string of the molecule is C1=C=CC2=C(C=1)c1cc3c(cc1C2c1ccccc1)sc1cccc(-c2ccc(-c4cccc5sc6cc7c(cc6c45)-c4ccccc4C7c4ccccc4)c(-c4nc(C5=CC=CCC5)nc(-c5ccccc5)n4)c2)c13. The third kappa shape index (κ3) is 6.78. The number of fused-ring (bicyclic) bond motifs is 11. The number of hydrogen-bond donors (Lipinski definition) is 0. The van der Waals surface area contributed by atoms with Gasteiger partial charge in [0.05, 0.1) is 0 Å². The van der Waals surface area contributed by atoms with Crippen LogP contribution in [0.2, 0.25) is 0 Å². The molecule has 2 atom stereocenters. The lowest BCUT2D eigenvalue weighted by Gasteiger charge is -2.16. The molecule has 12 aromatic rings. The van der Waals surface area contributed by atoms with Crippen LogP contribution in [0.15, 0.2) is 242 Å². The molecule has 4 aliphatic carbocycles. The summed E-state index contributed by atoms with van der Waals surface area (Å²) >= 11 is 3.76. The highest BCUT2D eigenvalue weighted by atomic mass is 32.1. The summed E-state index contributed by atoms with van der Waals surface area (Å²) in [5.41, 5.74) is 27.3. The van der Waals surface area contributed by atoms with E-state index in [1.54, 1.807) is 0 Å². The number of allylic oxidation sites excluding steroid dienone is 8. The van der Waals surface area contributed by atoms with E-state index in [4.69, 9.17) is 15.0 Å². The number of aromatic nitrogens is 3. The van der Waals surface area contributed by atoms with Crippen LogP contribution in [-0.2, 0) is 0 Å². The normalized spacial score (nSPS) is 16.0. The predicted octanol–water partition coefficient (Wildman–Crippen LogP) is 18.9. The molecule has 354 valence electrons. The third-order valence-corrected chi connectivity index (χ3v) is 18.3. The number of hydrogen-bond acceptors (Lipinski definition) is 5. The van der Waals surface area contributed by atoms with E-state index in [0.29, 0.717) is 11.6 Å². The van der Waals surface area contributed by atoms with Gasteiger partial charge in [0.1, 0.15) is 0 Å². The Balaban J connectivity index is 0.933. The van der Waals surface area contributed by atoms with Gasteiger partial charge in [0.15, 0.2) is 17.5 Å². The molecular weight excluding hydrogens is 959 g/mol. The van der Waals surface area contributed by atoms with E-state index in [1.165, 1.54) is 102 Å². The minimum absolute atomic E-state index is 0.139. The summed E-state index contributed by atoms with van der Waals surface area (Å²) < 4.78 is 5.08. The van der Waals surface area contributed by atoms with Crippen LogP contribution in [0.4, 0.5) is 0 Å². The van der Waals surface area contributed by atoms with Gasteiger partial charge in [-0.05, 0) is 151 Å². The lowest BCUT2D eigenvalue weighted by Crippen LogP contribution is -2.04. The minimum Gasteiger partial charge on any atom is -0.209 e. The molecule has 0 spiro atoms. The van der Waals surface area contributed by atoms with Crippen molar-refractivity contribution in [3.05, 3.63) is 281 Å². The molecule has 0 aliphatic heterocycles. The lowest BCUT2D eigenvalue weighted by atomic mass is 9.87. The molecule has 0 amide bonds. The molecule has 5 heteroatoms. The van der Waals surface area contributed by atoms with Crippen LogP contribution in [0.25, 0.3) is 108 Å². The van der Waals surface area contributed by atoms with Gasteiger partial charge in [-0.3, -0.25) is 0 Å². The van der Waals surface area contributed by atoms with Crippen LogP contribution < -0.4 is 0 Å². The zero-order chi connectivity index (χ0) is 49.8. The van der Waals surface area contributed by atoms with E-state index in [-0.39, 0.29) is 11.8 Å². The maximum absolute atomic E-state index is 5.48. The lowest BCUT2D eigenvalue weighted by molar-refractivity contribution is 0.978. The summed E-state index contributed by atoms with van der Waals surface area (Å²) in [6, 6.07) is 71.8. The molecule has 3 heterocycles. The second-order valence-corrected chi connectivity index (χ2v) is 22.4. The first-order valence-corrected chi connectivity index (χ1v) is 27.7. The fourth-order valence-corrected chi connectivity index (χ4v) is 15.0. The summed E-state index contributed by atoms with van der Waals surface area (Å²) in [6.07, 6.45) is 12.6. The topological polar surface area (TPSA) is 38.7 Å². The van der Waals surface area contributed by atoms with Crippen LogP contribution in [0.3, 0.4) is 0 Å². The van der Waals surface area contributed by atoms with Crippen LogP contribution in [0, 0.1) is 0 Å². The largest absolute Gasteiger partial charge is 0.209 e. The molecule has 0 saturated carbocycles. The fraction of sp³-hybridized carbons (Fsp3) is 0.0563. The van der Waals surface area contributed by atoms with E-state index in [2.05, 4.69) is 230 Å². The number of rotatable bonds is 7. The van der Waals surface area contributed by atoms with Crippen LogP contribution in [-0.4, -0.2) is 15.0 Å². The first-order chi connectivity index (χ1) is 37.7. The highest BCUT2D eigenvalue weighted by molar-refractivity contribution is 7.26. The van der Waals surface area contributed by atoms with Crippen molar-refractivity contribution in [2.45, 2.75) is 24.7 Å². The van der Waals surface area contributed by atoms with E-state index < -0.39 is 0 Å². The quantitative estimate of drug-likeness (QED) is 0.149. The van der Waals surface area contributed by atoms with Gasteiger partial charge < -0.3 is 0 Å². The van der Waals surface area contributed by atoms with Crippen molar-refractivity contribution in [2.75, 3.05) is 0 Å². The predicted molar refractivity (Wildman–Crippen MR) is 318 cm³/mol. The molecule has 0 N–H and O–H groups in total. The molecule has 9 aromatic carbocycles. The van der Waals surface area contributed by atoms with Crippen molar-refractivity contribution in [2.24, 2.45) is 0 Å². The number of thiophene rings is 2. The zero-order valence-corrected chi connectivity index (χ0v) is 42.7. The third-order valence-electron chi connectivity index (χ3n) is 16.1. The van der Waals surface area contributed by atoms with Gasteiger partial charge in [-0.2, -0.15) is 0 Å². The first kappa shape index (κ1) is 43.4. The molecule has 0 saturated heterocycles. The van der Waals surface area contributed by atoms with Gasteiger partial charge in [0.25, 0.3) is 0 Å². The van der Waals surface area contributed by atoms with Crippen LogP contribution in [0.5, 0.6) is 0 Å². The zero-order valence-electron chi connectivity index (χ0n) is 41.1. The monoisotopic (exact) mass is 1000 g/mol. The molecule has 76 heavy (non-hydrogen) atoms. The molecule has 0 bridgehead atoms. The molecule has 16 rings (SSSR count). The molecule has 3 aromatic heterocycles. The molecular formula is C71H43N3S2. The van der Waals surface area contributed by atoms with Crippen molar-refractivity contribution < 1.29 is 0 Å². The highest BCUT2D eigenvalue weighted by Crippen LogP contribution is 2.54. The van der Waals surface area contributed by atoms with E-state index >= 15 is 0 Å². The Bertz CT molecular complexity index is 4650. The Labute approximate surface area is 447 Å². The molecule has 0 fully saturated rings. The summed E-state index contributed by atoms with van der Waals surface area (Å²) in [7, 11) is 0. The van der Waals surface area contributed by atoms with Crippen molar-refractivity contribution in [3.8, 4) is 56.2 Å². The molecule has 0 radical (unpaired) electrons. The number of nitrogens with zero attached hydrogens (tertiary/aromatic N) is 3. The Hall–Kier alpha value is -9.05. The standard InChI is InChI=1S/C71H43N3S2/c1-5-19-42(20-6-1)65-51-29-15-13-27-48(51)54-38-59-63(40-56(54)65)75-61-33-17-31-47(67(59)61)46-35-36-50(58(37-46)71-73-69(44-23-9-3-10-24-44)72-70(74-71)45-25-11-4-12-26-45)53-32-18-34-62-68(53)60-39-55-49-28-14-16-30-52(49)66(43-21-7-2-8-22-43)57(55)41-64(60)76-62/h1-11,14,16-25,27-41,65-66H,12,26H2. The second-order valence-electron chi connectivity index (χ2n) is 20.2. The van der Waals surface area contributed by atoms with Crippen molar-refractivity contribution in [1.29, 1.82) is 0 Å². The van der Waals surface area contributed by atoms with Gasteiger partial charge in [-0.15, -0.1) is 22.7 Å². The second kappa shape index (κ2) is 17.3. The number of benzene rings is 9. The van der Waals surface area contributed by atoms with Gasteiger partial charge in [-0.1, -0.05) is 181 Å². The van der Waals surface area contributed by atoms with Gasteiger partial charge >= 0.3 is 0 Å². The average Bonchev–Trinajstić information content (AvgIpc) is 4.24. The van der Waals surface area contributed by atoms with Crippen molar-refractivity contribution >= 4 is 74.2 Å². The van der Waals surface area contributed by atoms with Crippen molar-refractivity contribution in [3.63, 3.8) is 0 Å². The fourth-order valence-electron chi connectivity index (χ4n) is 12.7. The Morgan fingerprint density at radius 1 is 0.408 bits per heavy atom.